The van der Waals surface area contributed by atoms with Gasteiger partial charge in [-0.05, 0) is 24.6 Å². The van der Waals surface area contributed by atoms with Crippen LogP contribution in [-0.2, 0) is 15.1 Å². The predicted molar refractivity (Wildman–Crippen MR) is 95.3 cm³/mol. The zero-order valence-corrected chi connectivity index (χ0v) is 15.1. The first kappa shape index (κ1) is 18.7. The van der Waals surface area contributed by atoms with Crippen LogP contribution in [-0.4, -0.2) is 35.6 Å². The fourth-order valence-corrected chi connectivity index (χ4v) is 3.18. The fourth-order valence-electron chi connectivity index (χ4n) is 3.18. The molecule has 0 aliphatic carbocycles. The Hall–Kier alpha value is -3.69. The number of carbonyl (C=O) groups is 3. The second-order valence-electron chi connectivity index (χ2n) is 6.69. The van der Waals surface area contributed by atoms with Crippen molar-refractivity contribution in [1.29, 1.82) is 0 Å². The van der Waals surface area contributed by atoms with Crippen LogP contribution in [0.2, 0.25) is 0 Å². The second kappa shape index (κ2) is 6.43. The summed E-state index contributed by atoms with van der Waals surface area (Å²) >= 11 is 0. The SMILES string of the molecule is C[C@]1(c2ccccc2)NC(=O)N(CC(=O)Nc2ccc3c(c2)OC(F)(F)O3)C1=O. The van der Waals surface area contributed by atoms with Gasteiger partial charge in [0.05, 0.1) is 0 Å². The Morgan fingerprint density at radius 1 is 1.10 bits per heavy atom. The molecule has 2 aromatic carbocycles. The number of rotatable bonds is 4. The highest BCUT2D eigenvalue weighted by atomic mass is 19.3. The highest BCUT2D eigenvalue weighted by Crippen LogP contribution is 2.42. The summed E-state index contributed by atoms with van der Waals surface area (Å²) in [6, 6.07) is 11.6. The summed E-state index contributed by atoms with van der Waals surface area (Å²) in [5.74, 6) is -1.66. The van der Waals surface area contributed by atoms with Crippen molar-refractivity contribution in [2.24, 2.45) is 0 Å². The van der Waals surface area contributed by atoms with Gasteiger partial charge in [-0.1, -0.05) is 30.3 Å². The van der Waals surface area contributed by atoms with Gasteiger partial charge in [0, 0.05) is 11.8 Å². The normalized spacial score (nSPS) is 21.8. The number of nitrogens with zero attached hydrogens (tertiary/aromatic N) is 1. The molecule has 0 saturated carbocycles. The molecule has 1 saturated heterocycles. The average molecular weight is 403 g/mol. The molecule has 2 aromatic rings. The van der Waals surface area contributed by atoms with Crippen LogP contribution in [0.15, 0.2) is 48.5 Å². The van der Waals surface area contributed by atoms with E-state index in [0.29, 0.717) is 5.56 Å². The number of nitrogens with one attached hydrogen (secondary N) is 2. The predicted octanol–water partition coefficient (Wildman–Crippen LogP) is 2.41. The van der Waals surface area contributed by atoms with E-state index in [4.69, 9.17) is 0 Å². The first-order valence-electron chi connectivity index (χ1n) is 8.57. The van der Waals surface area contributed by atoms with Gasteiger partial charge in [0.15, 0.2) is 11.5 Å². The first-order valence-corrected chi connectivity index (χ1v) is 8.57. The summed E-state index contributed by atoms with van der Waals surface area (Å²) in [4.78, 5) is 38.2. The molecule has 2 heterocycles. The van der Waals surface area contributed by atoms with Crippen LogP contribution in [0.4, 0.5) is 19.3 Å². The zero-order valence-electron chi connectivity index (χ0n) is 15.1. The number of fused-ring (bicyclic) bond motifs is 1. The zero-order chi connectivity index (χ0) is 20.8. The summed E-state index contributed by atoms with van der Waals surface area (Å²) in [5.41, 5.74) is -0.561. The van der Waals surface area contributed by atoms with Crippen molar-refractivity contribution < 1.29 is 32.6 Å². The van der Waals surface area contributed by atoms with E-state index in [9.17, 15) is 23.2 Å². The number of benzene rings is 2. The van der Waals surface area contributed by atoms with Gasteiger partial charge >= 0.3 is 12.3 Å². The molecular weight excluding hydrogens is 388 g/mol. The molecule has 0 unspecified atom stereocenters. The summed E-state index contributed by atoms with van der Waals surface area (Å²) < 4.78 is 34.8. The molecule has 0 radical (unpaired) electrons. The molecule has 0 bridgehead atoms. The smallest absolute Gasteiger partial charge is 0.395 e. The fraction of sp³-hybridized carbons (Fsp3) is 0.211. The molecular formula is C19H15F2N3O5. The van der Waals surface area contributed by atoms with E-state index in [1.165, 1.54) is 12.1 Å². The minimum absolute atomic E-state index is 0.146. The summed E-state index contributed by atoms with van der Waals surface area (Å²) in [6.07, 6.45) is -3.77. The number of urea groups is 1. The molecule has 150 valence electrons. The van der Waals surface area contributed by atoms with Crippen LogP contribution in [0.25, 0.3) is 0 Å². The van der Waals surface area contributed by atoms with E-state index in [1.54, 1.807) is 37.3 Å². The minimum atomic E-state index is -3.77. The molecule has 2 aliphatic rings. The Kier molecular flexibility index (Phi) is 4.14. The maximum Gasteiger partial charge on any atom is 0.586 e. The number of anilines is 1. The van der Waals surface area contributed by atoms with Gasteiger partial charge in [-0.3, -0.25) is 14.5 Å². The van der Waals surface area contributed by atoms with E-state index in [0.717, 1.165) is 11.0 Å². The van der Waals surface area contributed by atoms with Crippen LogP contribution >= 0.6 is 0 Å². The number of ether oxygens (including phenoxy) is 2. The number of halogens is 2. The lowest BCUT2D eigenvalue weighted by atomic mass is 9.92. The van der Waals surface area contributed by atoms with Crippen LogP contribution in [0.1, 0.15) is 12.5 Å². The van der Waals surface area contributed by atoms with Crippen molar-refractivity contribution in [3.05, 3.63) is 54.1 Å². The molecule has 1 atom stereocenters. The van der Waals surface area contributed by atoms with Crippen molar-refractivity contribution in [2.75, 3.05) is 11.9 Å². The summed E-state index contributed by atoms with van der Waals surface area (Å²) in [6.45, 7) is 1.01. The average Bonchev–Trinajstić information content (AvgIpc) is 3.09. The van der Waals surface area contributed by atoms with Crippen LogP contribution in [0.5, 0.6) is 11.5 Å². The Morgan fingerprint density at radius 2 is 1.79 bits per heavy atom. The molecule has 8 nitrogen and oxygen atoms in total. The Labute approximate surface area is 163 Å². The Balaban J connectivity index is 1.46. The molecule has 2 N–H and O–H groups in total. The molecule has 2 aliphatic heterocycles. The van der Waals surface area contributed by atoms with E-state index >= 15 is 0 Å². The number of hydrogen-bond acceptors (Lipinski definition) is 5. The Bertz CT molecular complexity index is 1010. The molecule has 0 aromatic heterocycles. The highest BCUT2D eigenvalue weighted by molar-refractivity contribution is 6.10. The maximum absolute atomic E-state index is 13.1. The van der Waals surface area contributed by atoms with Gasteiger partial charge in [-0.15, -0.1) is 8.78 Å². The van der Waals surface area contributed by atoms with E-state index in [-0.39, 0.29) is 17.2 Å². The topological polar surface area (TPSA) is 97.0 Å². The molecule has 4 rings (SSSR count). The van der Waals surface area contributed by atoms with Gasteiger partial charge in [-0.2, -0.15) is 0 Å². The van der Waals surface area contributed by atoms with Crippen molar-refractivity contribution in [1.82, 2.24) is 10.2 Å². The molecule has 29 heavy (non-hydrogen) atoms. The lowest BCUT2D eigenvalue weighted by molar-refractivity contribution is -0.286. The Morgan fingerprint density at radius 3 is 2.52 bits per heavy atom. The number of imide groups is 1. The maximum atomic E-state index is 13.1. The molecule has 0 spiro atoms. The minimum Gasteiger partial charge on any atom is -0.395 e. The lowest BCUT2D eigenvalue weighted by Crippen LogP contribution is -2.42. The summed E-state index contributed by atoms with van der Waals surface area (Å²) in [7, 11) is 0. The van der Waals surface area contributed by atoms with Crippen molar-refractivity contribution in [3.8, 4) is 11.5 Å². The third kappa shape index (κ3) is 3.33. The van der Waals surface area contributed by atoms with Crippen molar-refractivity contribution >= 4 is 23.5 Å². The van der Waals surface area contributed by atoms with Gasteiger partial charge in [0.2, 0.25) is 5.91 Å². The first-order chi connectivity index (χ1) is 13.7. The van der Waals surface area contributed by atoms with Crippen LogP contribution in [0, 0.1) is 0 Å². The molecule has 4 amide bonds. The summed E-state index contributed by atoms with van der Waals surface area (Å²) in [5, 5.41) is 5.04. The highest BCUT2D eigenvalue weighted by Gasteiger charge is 2.49. The lowest BCUT2D eigenvalue weighted by Gasteiger charge is -2.22. The van der Waals surface area contributed by atoms with E-state index in [1.807, 2.05) is 0 Å². The number of alkyl halides is 2. The largest absolute Gasteiger partial charge is 0.586 e. The van der Waals surface area contributed by atoms with Gasteiger partial charge in [0.25, 0.3) is 5.91 Å². The standard InChI is InChI=1S/C19H15F2N3O5/c1-18(11-5-3-2-4-6-11)16(26)24(17(27)23-18)10-15(25)22-12-7-8-13-14(9-12)29-19(20,21)28-13/h2-9H,10H2,1H3,(H,22,25)(H,23,27)/t18-/m1/s1. The number of hydrogen-bond donors (Lipinski definition) is 2. The van der Waals surface area contributed by atoms with Gasteiger partial charge in [0.1, 0.15) is 12.1 Å². The molecule has 10 heteroatoms. The van der Waals surface area contributed by atoms with Gasteiger partial charge in [-0.25, -0.2) is 4.79 Å². The second-order valence-corrected chi connectivity index (χ2v) is 6.69. The quantitative estimate of drug-likeness (QED) is 0.765. The number of amides is 4. The number of carbonyl (C=O) groups excluding carboxylic acids is 3. The van der Waals surface area contributed by atoms with Crippen LogP contribution < -0.4 is 20.1 Å². The van der Waals surface area contributed by atoms with Crippen molar-refractivity contribution in [3.63, 3.8) is 0 Å². The monoisotopic (exact) mass is 403 g/mol. The van der Waals surface area contributed by atoms with Crippen molar-refractivity contribution in [2.45, 2.75) is 18.8 Å². The van der Waals surface area contributed by atoms with E-state index in [2.05, 4.69) is 20.1 Å². The van der Waals surface area contributed by atoms with E-state index < -0.39 is 36.2 Å². The van der Waals surface area contributed by atoms with Gasteiger partial charge < -0.3 is 20.1 Å². The third-order valence-corrected chi connectivity index (χ3v) is 4.61. The van der Waals surface area contributed by atoms with Crippen LogP contribution in [0.3, 0.4) is 0 Å². The third-order valence-electron chi connectivity index (χ3n) is 4.61. The molecule has 1 fully saturated rings.